The molecule has 3 heterocycles. The fourth-order valence-electron chi connectivity index (χ4n) is 3.20. The van der Waals surface area contributed by atoms with Gasteiger partial charge in [0.25, 0.3) is 0 Å². The van der Waals surface area contributed by atoms with Gasteiger partial charge in [-0.1, -0.05) is 25.1 Å². The third kappa shape index (κ3) is 2.45. The predicted molar refractivity (Wildman–Crippen MR) is 90.6 cm³/mol. The van der Waals surface area contributed by atoms with Crippen molar-refractivity contribution in [2.75, 3.05) is 18.0 Å². The zero-order chi connectivity index (χ0) is 15.8. The Morgan fingerprint density at radius 1 is 1.17 bits per heavy atom. The lowest BCUT2D eigenvalue weighted by atomic mass is 9.95. The standard InChI is InChI=1S/C17H20N6/c1-12-10-22(8-7-15(12)18)16-14-9-21-23(17(14)20-11-19-16)13-5-3-2-4-6-13/h2-6,9,11-12,15H,7-8,10,18H2,1H3. The Kier molecular flexibility index (Phi) is 3.46. The SMILES string of the molecule is CC1CN(c2ncnc3c2cnn3-c2ccccc2)CCC1N. The van der Waals surface area contributed by atoms with Crippen molar-refractivity contribution >= 4 is 16.9 Å². The van der Waals surface area contributed by atoms with E-state index in [4.69, 9.17) is 5.73 Å². The largest absolute Gasteiger partial charge is 0.356 e. The van der Waals surface area contributed by atoms with Crippen LogP contribution < -0.4 is 10.6 Å². The molecule has 1 saturated heterocycles. The van der Waals surface area contributed by atoms with E-state index in [-0.39, 0.29) is 6.04 Å². The lowest BCUT2D eigenvalue weighted by Gasteiger charge is -2.35. The van der Waals surface area contributed by atoms with Crippen molar-refractivity contribution in [3.05, 3.63) is 42.9 Å². The maximum Gasteiger partial charge on any atom is 0.168 e. The van der Waals surface area contributed by atoms with Gasteiger partial charge in [0.15, 0.2) is 5.65 Å². The number of benzene rings is 1. The first kappa shape index (κ1) is 14.1. The second-order valence-electron chi connectivity index (χ2n) is 6.20. The van der Waals surface area contributed by atoms with E-state index in [1.54, 1.807) is 6.33 Å². The molecule has 2 aromatic heterocycles. The van der Waals surface area contributed by atoms with Crippen molar-refractivity contribution in [1.82, 2.24) is 19.7 Å². The van der Waals surface area contributed by atoms with Crippen LogP contribution >= 0.6 is 0 Å². The molecule has 1 fully saturated rings. The third-order valence-electron chi connectivity index (χ3n) is 4.62. The van der Waals surface area contributed by atoms with Crippen LogP contribution in [0, 0.1) is 5.92 Å². The Bertz CT molecular complexity index is 812. The third-order valence-corrected chi connectivity index (χ3v) is 4.62. The number of nitrogens with zero attached hydrogens (tertiary/aromatic N) is 5. The number of para-hydroxylation sites is 1. The normalized spacial score (nSPS) is 21.7. The number of aromatic nitrogens is 4. The Hall–Kier alpha value is -2.47. The van der Waals surface area contributed by atoms with E-state index < -0.39 is 0 Å². The zero-order valence-electron chi connectivity index (χ0n) is 13.1. The first-order valence-electron chi connectivity index (χ1n) is 7.98. The summed E-state index contributed by atoms with van der Waals surface area (Å²) in [6.07, 6.45) is 4.47. The molecule has 0 saturated carbocycles. The van der Waals surface area contributed by atoms with Gasteiger partial charge in [0, 0.05) is 19.1 Å². The number of nitrogens with two attached hydrogens (primary N) is 1. The van der Waals surface area contributed by atoms with Crippen molar-refractivity contribution in [2.24, 2.45) is 11.7 Å². The van der Waals surface area contributed by atoms with Crippen LogP contribution in [0.5, 0.6) is 0 Å². The summed E-state index contributed by atoms with van der Waals surface area (Å²) in [5.74, 6) is 1.41. The molecule has 0 radical (unpaired) electrons. The number of hydrogen-bond donors (Lipinski definition) is 1. The first-order chi connectivity index (χ1) is 11.2. The molecule has 4 rings (SSSR count). The molecular formula is C17H20N6. The first-order valence-corrected chi connectivity index (χ1v) is 7.98. The average molecular weight is 308 g/mol. The Balaban J connectivity index is 1.77. The highest BCUT2D eigenvalue weighted by Gasteiger charge is 2.25. The molecule has 0 amide bonds. The maximum atomic E-state index is 6.14. The average Bonchev–Trinajstić information content (AvgIpc) is 3.02. The summed E-state index contributed by atoms with van der Waals surface area (Å²) in [5, 5.41) is 5.50. The molecule has 2 N–H and O–H groups in total. The summed E-state index contributed by atoms with van der Waals surface area (Å²) >= 11 is 0. The van der Waals surface area contributed by atoms with Gasteiger partial charge in [-0.3, -0.25) is 0 Å². The molecule has 0 bridgehead atoms. The van der Waals surface area contributed by atoms with E-state index in [2.05, 4.69) is 26.9 Å². The van der Waals surface area contributed by atoms with Crippen molar-refractivity contribution in [3.63, 3.8) is 0 Å². The van der Waals surface area contributed by atoms with Gasteiger partial charge in [0.05, 0.1) is 17.3 Å². The minimum atomic E-state index is 0.274. The zero-order valence-corrected chi connectivity index (χ0v) is 13.1. The molecule has 1 aromatic carbocycles. The fraction of sp³-hybridized carbons (Fsp3) is 0.353. The summed E-state index contributed by atoms with van der Waals surface area (Å²) in [6, 6.07) is 10.3. The van der Waals surface area contributed by atoms with Crippen LogP contribution in [0.4, 0.5) is 5.82 Å². The molecule has 3 aromatic rings. The molecular weight excluding hydrogens is 288 g/mol. The lowest BCUT2D eigenvalue weighted by Crippen LogP contribution is -2.46. The van der Waals surface area contributed by atoms with Gasteiger partial charge in [0.1, 0.15) is 12.1 Å². The number of piperidine rings is 1. The van der Waals surface area contributed by atoms with E-state index in [1.807, 2.05) is 41.2 Å². The summed E-state index contributed by atoms with van der Waals surface area (Å²) in [7, 11) is 0. The maximum absolute atomic E-state index is 6.14. The Labute approximate surface area is 135 Å². The monoisotopic (exact) mass is 308 g/mol. The second-order valence-corrected chi connectivity index (χ2v) is 6.20. The van der Waals surface area contributed by atoms with E-state index >= 15 is 0 Å². The van der Waals surface area contributed by atoms with Crippen molar-refractivity contribution in [3.8, 4) is 5.69 Å². The smallest absolute Gasteiger partial charge is 0.168 e. The number of hydrogen-bond acceptors (Lipinski definition) is 5. The van der Waals surface area contributed by atoms with Crippen molar-refractivity contribution in [1.29, 1.82) is 0 Å². The molecule has 23 heavy (non-hydrogen) atoms. The highest BCUT2D eigenvalue weighted by atomic mass is 15.3. The van der Waals surface area contributed by atoms with Crippen molar-refractivity contribution in [2.45, 2.75) is 19.4 Å². The van der Waals surface area contributed by atoms with E-state index in [1.165, 1.54) is 0 Å². The van der Waals surface area contributed by atoms with Crippen LogP contribution in [0.2, 0.25) is 0 Å². The van der Waals surface area contributed by atoms with Gasteiger partial charge in [-0.25, -0.2) is 14.6 Å². The molecule has 0 spiro atoms. The topological polar surface area (TPSA) is 72.9 Å². The second kappa shape index (κ2) is 5.62. The van der Waals surface area contributed by atoms with Crippen molar-refractivity contribution < 1.29 is 0 Å². The molecule has 0 aliphatic carbocycles. The van der Waals surface area contributed by atoms with Gasteiger partial charge in [-0.15, -0.1) is 0 Å². The van der Waals surface area contributed by atoms with Crippen LogP contribution in [0.1, 0.15) is 13.3 Å². The lowest BCUT2D eigenvalue weighted by molar-refractivity contribution is 0.382. The fourth-order valence-corrected chi connectivity index (χ4v) is 3.20. The van der Waals surface area contributed by atoms with Gasteiger partial charge < -0.3 is 10.6 Å². The molecule has 118 valence electrons. The van der Waals surface area contributed by atoms with Crippen LogP contribution in [0.25, 0.3) is 16.7 Å². The van der Waals surface area contributed by atoms with E-state index in [0.717, 1.165) is 42.0 Å². The minimum Gasteiger partial charge on any atom is -0.356 e. The summed E-state index contributed by atoms with van der Waals surface area (Å²) in [4.78, 5) is 11.3. The molecule has 6 nitrogen and oxygen atoms in total. The molecule has 1 aliphatic heterocycles. The highest BCUT2D eigenvalue weighted by molar-refractivity contribution is 5.87. The molecule has 6 heteroatoms. The van der Waals surface area contributed by atoms with E-state index in [9.17, 15) is 0 Å². The number of fused-ring (bicyclic) bond motifs is 1. The van der Waals surface area contributed by atoms with Gasteiger partial charge in [0.2, 0.25) is 0 Å². The molecule has 1 aliphatic rings. The van der Waals surface area contributed by atoms with Crippen LogP contribution in [-0.2, 0) is 0 Å². The van der Waals surface area contributed by atoms with Gasteiger partial charge in [-0.05, 0) is 24.5 Å². The van der Waals surface area contributed by atoms with Crippen LogP contribution in [-0.4, -0.2) is 38.9 Å². The Morgan fingerprint density at radius 3 is 2.78 bits per heavy atom. The van der Waals surface area contributed by atoms with E-state index in [0.29, 0.717) is 5.92 Å². The molecule has 2 unspecified atom stereocenters. The Morgan fingerprint density at radius 2 is 2.00 bits per heavy atom. The summed E-state index contributed by atoms with van der Waals surface area (Å²) in [6.45, 7) is 4.04. The van der Waals surface area contributed by atoms with Crippen LogP contribution in [0.3, 0.4) is 0 Å². The van der Waals surface area contributed by atoms with Crippen LogP contribution in [0.15, 0.2) is 42.9 Å². The van der Waals surface area contributed by atoms with Gasteiger partial charge in [-0.2, -0.15) is 5.10 Å². The predicted octanol–water partition coefficient (Wildman–Crippen LogP) is 1.99. The minimum absolute atomic E-state index is 0.274. The number of anilines is 1. The quantitative estimate of drug-likeness (QED) is 0.784. The molecule has 2 atom stereocenters. The highest BCUT2D eigenvalue weighted by Crippen LogP contribution is 2.27. The summed E-state index contributed by atoms with van der Waals surface area (Å²) in [5.41, 5.74) is 7.97. The summed E-state index contributed by atoms with van der Waals surface area (Å²) < 4.78 is 1.86. The van der Waals surface area contributed by atoms with Gasteiger partial charge >= 0.3 is 0 Å². The number of rotatable bonds is 2.